The molecule has 6 heteroatoms. The van der Waals surface area contributed by atoms with Gasteiger partial charge < -0.3 is 14.2 Å². The average Bonchev–Trinajstić information content (AvgIpc) is 3.42. The van der Waals surface area contributed by atoms with Crippen LogP contribution < -0.4 is 0 Å². The lowest BCUT2D eigenvalue weighted by atomic mass is 10.0. The molecule has 1 atom stereocenters. The molecule has 0 bridgehead atoms. The largest absolute Gasteiger partial charge is 0.462 e. The molecule has 76 heavy (non-hydrogen) atoms. The maximum atomic E-state index is 12.9. The van der Waals surface area contributed by atoms with Gasteiger partial charge in [0.1, 0.15) is 13.2 Å². The molecule has 0 aromatic carbocycles. The first-order valence-corrected chi connectivity index (χ1v) is 34.0. The predicted molar refractivity (Wildman–Crippen MR) is 330 cm³/mol. The van der Waals surface area contributed by atoms with E-state index in [1.54, 1.807) is 0 Å². The number of hydrogen-bond acceptors (Lipinski definition) is 6. The number of carbonyl (C=O) groups is 3. The first-order chi connectivity index (χ1) is 37.5. The fourth-order valence-electron chi connectivity index (χ4n) is 10.3. The minimum absolute atomic E-state index is 0.0658. The average molecular weight is 1070 g/mol. The van der Waals surface area contributed by atoms with E-state index in [0.29, 0.717) is 19.3 Å². The summed E-state index contributed by atoms with van der Waals surface area (Å²) < 4.78 is 16.9. The van der Waals surface area contributed by atoms with Crippen molar-refractivity contribution >= 4 is 17.9 Å². The number of esters is 3. The Morgan fingerprint density at radius 1 is 0.263 bits per heavy atom. The van der Waals surface area contributed by atoms with Crippen LogP contribution >= 0.6 is 0 Å². The Labute approximate surface area is 474 Å². The molecule has 446 valence electrons. The number of allylic oxidation sites excluding steroid dienone is 6. The van der Waals surface area contributed by atoms with Gasteiger partial charge in [0.2, 0.25) is 0 Å². The summed E-state index contributed by atoms with van der Waals surface area (Å²) in [7, 11) is 0. The fourth-order valence-corrected chi connectivity index (χ4v) is 10.3. The lowest BCUT2D eigenvalue weighted by molar-refractivity contribution is -0.167. The monoisotopic (exact) mass is 1070 g/mol. The number of ether oxygens (including phenoxy) is 3. The van der Waals surface area contributed by atoms with Crippen molar-refractivity contribution in [3.8, 4) is 0 Å². The van der Waals surface area contributed by atoms with Crippen LogP contribution in [-0.2, 0) is 28.6 Å². The Hall–Kier alpha value is -2.37. The van der Waals surface area contributed by atoms with Crippen LogP contribution in [0.25, 0.3) is 0 Å². The zero-order valence-electron chi connectivity index (χ0n) is 51.3. The quantitative estimate of drug-likeness (QED) is 0.0261. The first-order valence-electron chi connectivity index (χ1n) is 34.0. The van der Waals surface area contributed by atoms with Gasteiger partial charge in [-0.25, -0.2) is 0 Å². The third-order valence-electron chi connectivity index (χ3n) is 15.4. The van der Waals surface area contributed by atoms with Crippen molar-refractivity contribution in [1.29, 1.82) is 0 Å². The summed E-state index contributed by atoms with van der Waals surface area (Å²) in [6.07, 6.45) is 80.5. The van der Waals surface area contributed by atoms with Gasteiger partial charge in [0, 0.05) is 19.3 Å². The van der Waals surface area contributed by atoms with Crippen LogP contribution in [0.15, 0.2) is 36.5 Å². The Kier molecular flexibility index (Phi) is 63.1. The molecular formula is C70H130O6. The van der Waals surface area contributed by atoms with E-state index in [-0.39, 0.29) is 31.1 Å². The smallest absolute Gasteiger partial charge is 0.306 e. The van der Waals surface area contributed by atoms with Crippen LogP contribution in [0, 0.1) is 0 Å². The number of hydrogen-bond donors (Lipinski definition) is 0. The van der Waals surface area contributed by atoms with Gasteiger partial charge in [-0.2, -0.15) is 0 Å². The molecule has 1 unspecified atom stereocenters. The van der Waals surface area contributed by atoms with Gasteiger partial charge in [-0.1, -0.05) is 333 Å². The molecule has 0 heterocycles. The van der Waals surface area contributed by atoms with Gasteiger partial charge in [-0.3, -0.25) is 14.4 Å². The number of unbranched alkanes of at least 4 members (excludes halogenated alkanes) is 46. The van der Waals surface area contributed by atoms with Crippen LogP contribution in [0.2, 0.25) is 0 Å². The molecule has 0 aliphatic carbocycles. The molecule has 0 aromatic rings. The summed E-state index contributed by atoms with van der Waals surface area (Å²) in [6.45, 7) is 6.66. The van der Waals surface area contributed by atoms with Crippen molar-refractivity contribution in [1.82, 2.24) is 0 Å². The minimum Gasteiger partial charge on any atom is -0.462 e. The zero-order chi connectivity index (χ0) is 55.0. The first kappa shape index (κ1) is 73.6. The highest BCUT2D eigenvalue weighted by Crippen LogP contribution is 2.18. The molecule has 0 fully saturated rings. The van der Waals surface area contributed by atoms with E-state index in [0.717, 1.165) is 70.6 Å². The highest BCUT2D eigenvalue weighted by molar-refractivity contribution is 5.71. The van der Waals surface area contributed by atoms with E-state index in [4.69, 9.17) is 14.2 Å². The summed E-state index contributed by atoms with van der Waals surface area (Å²) in [5.41, 5.74) is 0. The van der Waals surface area contributed by atoms with Crippen molar-refractivity contribution < 1.29 is 28.6 Å². The van der Waals surface area contributed by atoms with Crippen molar-refractivity contribution in [3.63, 3.8) is 0 Å². The molecular weight excluding hydrogens is 937 g/mol. The van der Waals surface area contributed by atoms with Crippen molar-refractivity contribution in [2.45, 2.75) is 380 Å². The number of rotatable bonds is 63. The van der Waals surface area contributed by atoms with Crippen molar-refractivity contribution in [2.75, 3.05) is 13.2 Å². The molecule has 0 radical (unpaired) electrons. The lowest BCUT2D eigenvalue weighted by Gasteiger charge is -2.18. The van der Waals surface area contributed by atoms with Gasteiger partial charge in [0.05, 0.1) is 0 Å². The van der Waals surface area contributed by atoms with Gasteiger partial charge in [-0.05, 0) is 57.8 Å². The van der Waals surface area contributed by atoms with E-state index >= 15 is 0 Å². The van der Waals surface area contributed by atoms with Gasteiger partial charge in [-0.15, -0.1) is 0 Å². The van der Waals surface area contributed by atoms with Crippen molar-refractivity contribution in [2.24, 2.45) is 0 Å². The van der Waals surface area contributed by atoms with E-state index < -0.39 is 6.10 Å². The topological polar surface area (TPSA) is 78.9 Å². The third kappa shape index (κ3) is 62.5. The minimum atomic E-state index is -0.766. The molecule has 0 spiro atoms. The van der Waals surface area contributed by atoms with E-state index in [1.807, 2.05) is 0 Å². The standard InChI is InChI=1S/C70H130O6/c1-4-7-10-13-16-19-21-23-25-27-29-30-31-32-33-34-35-36-37-38-39-40-42-43-45-47-49-51-54-57-60-63-69(72)75-66-67(65-74-68(71)62-59-56-53-18-15-12-9-6-3)76-70(73)64-61-58-55-52-50-48-46-44-41-28-26-24-22-20-17-14-11-8-5-2/h21,23,27,29,31-32,67H,4-20,22,24-26,28,30,33-66H2,1-3H3/b23-21-,29-27-,32-31-. The molecule has 0 saturated heterocycles. The normalized spacial score (nSPS) is 12.2. The van der Waals surface area contributed by atoms with Gasteiger partial charge >= 0.3 is 17.9 Å². The third-order valence-corrected chi connectivity index (χ3v) is 15.4. The molecule has 0 aliphatic rings. The number of carbonyl (C=O) groups excluding carboxylic acids is 3. The van der Waals surface area contributed by atoms with E-state index in [2.05, 4.69) is 57.2 Å². The maximum absolute atomic E-state index is 12.9. The Bertz CT molecular complexity index is 1270. The Morgan fingerprint density at radius 2 is 0.474 bits per heavy atom. The molecule has 0 amide bonds. The lowest BCUT2D eigenvalue weighted by Crippen LogP contribution is -2.30. The van der Waals surface area contributed by atoms with Crippen LogP contribution in [0.5, 0.6) is 0 Å². The van der Waals surface area contributed by atoms with Gasteiger partial charge in [0.25, 0.3) is 0 Å². The summed E-state index contributed by atoms with van der Waals surface area (Å²) in [4.78, 5) is 38.2. The maximum Gasteiger partial charge on any atom is 0.306 e. The van der Waals surface area contributed by atoms with Crippen LogP contribution in [0.3, 0.4) is 0 Å². The predicted octanol–water partition coefficient (Wildman–Crippen LogP) is 23.2. The molecule has 0 saturated carbocycles. The molecule has 6 nitrogen and oxygen atoms in total. The summed E-state index contributed by atoms with van der Waals surface area (Å²) in [5.74, 6) is -0.844. The molecule has 0 aliphatic heterocycles. The molecule has 0 aromatic heterocycles. The summed E-state index contributed by atoms with van der Waals surface area (Å²) in [5, 5.41) is 0. The van der Waals surface area contributed by atoms with Crippen LogP contribution in [-0.4, -0.2) is 37.2 Å². The second-order valence-corrected chi connectivity index (χ2v) is 23.1. The van der Waals surface area contributed by atoms with Crippen molar-refractivity contribution in [3.05, 3.63) is 36.5 Å². The fraction of sp³-hybridized carbons (Fsp3) is 0.871. The second kappa shape index (κ2) is 65.2. The molecule has 0 N–H and O–H groups in total. The SMILES string of the molecule is CCCCCCC/C=C\C/C=C\C/C=C\CCCCCCCCCCCCCCCCCCC(=O)OCC(COC(=O)CCCCCCCCCC)OC(=O)CCCCCCCCCCCCCCCCCCCCC. The summed E-state index contributed by atoms with van der Waals surface area (Å²) in [6, 6.07) is 0. The molecule has 0 rings (SSSR count). The second-order valence-electron chi connectivity index (χ2n) is 23.1. The van der Waals surface area contributed by atoms with E-state index in [9.17, 15) is 14.4 Å². The van der Waals surface area contributed by atoms with Crippen LogP contribution in [0.1, 0.15) is 374 Å². The van der Waals surface area contributed by atoms with E-state index in [1.165, 1.54) is 263 Å². The van der Waals surface area contributed by atoms with Gasteiger partial charge in [0.15, 0.2) is 6.10 Å². The highest BCUT2D eigenvalue weighted by Gasteiger charge is 2.19. The van der Waals surface area contributed by atoms with Crippen LogP contribution in [0.4, 0.5) is 0 Å². The highest BCUT2D eigenvalue weighted by atomic mass is 16.6. The summed E-state index contributed by atoms with van der Waals surface area (Å²) >= 11 is 0. The zero-order valence-corrected chi connectivity index (χ0v) is 51.3. The Morgan fingerprint density at radius 3 is 0.737 bits per heavy atom. The Balaban J connectivity index is 4.05.